The number of allylic oxidation sites excluding steroid dienone is 2. The largest absolute Gasteiger partial charge is 1.00 e. The predicted molar refractivity (Wildman–Crippen MR) is 28.3 cm³/mol. The molecule has 0 saturated heterocycles. The molecule has 0 aliphatic rings. The fourth-order valence-corrected chi connectivity index (χ4v) is 0.268. The number of aliphatic carboxylic acids is 2. The average molecular weight is 186 g/mol. The summed E-state index contributed by atoms with van der Waals surface area (Å²) in [6, 6.07) is 0. The van der Waals surface area contributed by atoms with Gasteiger partial charge in [0.1, 0.15) is 0 Å². The number of hydrogen-bond acceptors (Lipinski definition) is 4. The van der Waals surface area contributed by atoms with E-state index in [-0.39, 0.29) is 59.1 Å². The minimum Gasteiger partial charge on any atom is -0.545 e. The summed E-state index contributed by atoms with van der Waals surface area (Å²) in [5.74, 6) is -2.74. The van der Waals surface area contributed by atoms with Gasteiger partial charge >= 0.3 is 59.1 Å². The molecule has 12 heavy (non-hydrogen) atoms. The second-order valence-corrected chi connectivity index (χ2v) is 1.36. The summed E-state index contributed by atoms with van der Waals surface area (Å²) >= 11 is 0. The van der Waals surface area contributed by atoms with Gasteiger partial charge in [-0.2, -0.15) is 0 Å². The van der Waals surface area contributed by atoms with Crippen LogP contribution in [0.4, 0.5) is 0 Å². The zero-order chi connectivity index (χ0) is 7.98. The van der Waals surface area contributed by atoms with Crippen LogP contribution in [-0.4, -0.2) is 11.9 Å². The third-order valence-electron chi connectivity index (χ3n) is 0.576. The molecule has 0 spiro atoms. The number of rotatable bonds is 3. The summed E-state index contributed by atoms with van der Waals surface area (Å²) in [7, 11) is 0. The fourth-order valence-electron chi connectivity index (χ4n) is 0.268. The van der Waals surface area contributed by atoms with Crippen LogP contribution in [0.15, 0.2) is 24.3 Å². The molecule has 0 aliphatic heterocycles. The van der Waals surface area contributed by atoms with Crippen LogP contribution in [0.2, 0.25) is 0 Å². The van der Waals surface area contributed by atoms with Crippen LogP contribution in [0.25, 0.3) is 0 Å². The van der Waals surface area contributed by atoms with E-state index in [1.54, 1.807) is 0 Å². The van der Waals surface area contributed by atoms with Gasteiger partial charge in [-0.15, -0.1) is 0 Å². The molecule has 54 valence electrons. The van der Waals surface area contributed by atoms with Gasteiger partial charge in [-0.3, -0.25) is 0 Å². The van der Waals surface area contributed by atoms with Crippen molar-refractivity contribution in [2.75, 3.05) is 0 Å². The molecule has 6 heteroatoms. The molecule has 0 radical (unpaired) electrons. The van der Waals surface area contributed by atoms with E-state index in [1.165, 1.54) is 0 Å². The van der Waals surface area contributed by atoms with E-state index in [9.17, 15) is 19.8 Å². The first-order chi connectivity index (χ1) is 4.63. The summed E-state index contributed by atoms with van der Waals surface area (Å²) in [4.78, 5) is 19.3. The summed E-state index contributed by atoms with van der Waals surface area (Å²) in [6.45, 7) is 0. The van der Waals surface area contributed by atoms with E-state index in [0.29, 0.717) is 12.2 Å². The van der Waals surface area contributed by atoms with Crippen LogP contribution in [0.5, 0.6) is 0 Å². The van der Waals surface area contributed by atoms with E-state index in [1.807, 2.05) is 0 Å². The fraction of sp³-hybridized carbons (Fsp3) is 0. The van der Waals surface area contributed by atoms with Gasteiger partial charge in [-0.25, -0.2) is 0 Å². The Morgan fingerprint density at radius 3 is 1.25 bits per heavy atom. The third kappa shape index (κ3) is 16.8. The molecule has 0 rings (SSSR count). The maximum absolute atomic E-state index is 9.65. The molecule has 0 heterocycles. The molecule has 0 atom stereocenters. The van der Waals surface area contributed by atoms with Crippen LogP contribution in [0.1, 0.15) is 0 Å². The van der Waals surface area contributed by atoms with Gasteiger partial charge in [0.25, 0.3) is 0 Å². The van der Waals surface area contributed by atoms with Gasteiger partial charge in [0.05, 0.1) is 11.9 Å². The first-order valence-electron chi connectivity index (χ1n) is 2.39. The summed E-state index contributed by atoms with van der Waals surface area (Å²) < 4.78 is 0. The number of carboxylic acids is 2. The van der Waals surface area contributed by atoms with Crippen LogP contribution in [0, 0.1) is 0 Å². The third-order valence-corrected chi connectivity index (χ3v) is 0.576. The average Bonchev–Trinajstić information content (AvgIpc) is 1.79. The van der Waals surface area contributed by atoms with E-state index >= 15 is 0 Å². The molecule has 0 aliphatic carbocycles. The summed E-state index contributed by atoms with van der Waals surface area (Å²) in [6.07, 6.45) is 3.48. The summed E-state index contributed by atoms with van der Waals surface area (Å²) in [5, 5.41) is 19.3. The minimum absolute atomic E-state index is 0. The van der Waals surface area contributed by atoms with Crippen LogP contribution in [-0.2, 0) is 9.59 Å². The second-order valence-electron chi connectivity index (χ2n) is 1.36. The van der Waals surface area contributed by atoms with Gasteiger partial charge in [0.2, 0.25) is 0 Å². The first kappa shape index (κ1) is 18.3. The summed E-state index contributed by atoms with van der Waals surface area (Å²) in [5.41, 5.74) is 0. The Hall–Kier alpha value is 0.420. The van der Waals surface area contributed by atoms with Gasteiger partial charge in [-0.05, 0) is 12.2 Å². The van der Waals surface area contributed by atoms with E-state index < -0.39 is 11.9 Å². The maximum Gasteiger partial charge on any atom is 1.00 e. The van der Waals surface area contributed by atoms with Crippen molar-refractivity contribution in [3.05, 3.63) is 24.3 Å². The Labute approximate surface area is 114 Å². The Balaban J connectivity index is -0.000000405. The van der Waals surface area contributed by atoms with Gasteiger partial charge in [0, 0.05) is 0 Å². The molecule has 0 N–H and O–H groups in total. The van der Waals surface area contributed by atoms with E-state index in [4.69, 9.17) is 0 Å². The topological polar surface area (TPSA) is 80.3 Å². The molecule has 0 saturated carbocycles. The van der Waals surface area contributed by atoms with Crippen molar-refractivity contribution in [2.45, 2.75) is 0 Å². The zero-order valence-electron chi connectivity index (χ0n) is 6.94. The minimum atomic E-state index is -1.37. The molecular formula is C6H4Na2O4. The Bertz CT molecular complexity index is 176. The monoisotopic (exact) mass is 186 g/mol. The van der Waals surface area contributed by atoms with Crippen molar-refractivity contribution in [2.24, 2.45) is 0 Å². The molecule has 0 amide bonds. The quantitative estimate of drug-likeness (QED) is 0.249. The van der Waals surface area contributed by atoms with Crippen molar-refractivity contribution in [1.82, 2.24) is 0 Å². The van der Waals surface area contributed by atoms with Crippen molar-refractivity contribution in [3.63, 3.8) is 0 Å². The number of carbonyl (C=O) groups excluding carboxylic acids is 2. The normalized spacial score (nSPS) is 9.00. The molecular weight excluding hydrogens is 182 g/mol. The van der Waals surface area contributed by atoms with Crippen molar-refractivity contribution >= 4 is 11.9 Å². The SMILES string of the molecule is O=C([O-])/C=C\C=C\C(=O)[O-].[Na+].[Na+]. The molecule has 0 aromatic carbocycles. The number of hydrogen-bond donors (Lipinski definition) is 0. The smallest absolute Gasteiger partial charge is 0.545 e. The molecule has 0 unspecified atom stereocenters. The van der Waals surface area contributed by atoms with Gasteiger partial charge < -0.3 is 19.8 Å². The van der Waals surface area contributed by atoms with Crippen molar-refractivity contribution in [3.8, 4) is 0 Å². The van der Waals surface area contributed by atoms with Crippen LogP contribution >= 0.6 is 0 Å². The number of carbonyl (C=O) groups is 2. The first-order valence-corrected chi connectivity index (χ1v) is 2.39. The van der Waals surface area contributed by atoms with Gasteiger partial charge in [-0.1, -0.05) is 12.2 Å². The molecule has 0 fully saturated rings. The standard InChI is InChI=1S/C6H6O4.2Na/c7-5(8)3-1-2-4-6(9)10;;/h1-4H,(H,7,8)(H,9,10);;/q;2*+1/p-2/b3-1-,4-2+;;. The van der Waals surface area contributed by atoms with E-state index in [2.05, 4.69) is 0 Å². The predicted octanol–water partition coefficient (Wildman–Crippen LogP) is -8.39. The van der Waals surface area contributed by atoms with Crippen molar-refractivity contribution < 1.29 is 78.9 Å². The Kier molecular flexibility index (Phi) is 17.4. The maximum atomic E-state index is 9.65. The zero-order valence-corrected chi connectivity index (χ0v) is 10.9. The molecule has 0 aromatic heterocycles. The van der Waals surface area contributed by atoms with Crippen LogP contribution in [0.3, 0.4) is 0 Å². The van der Waals surface area contributed by atoms with Crippen LogP contribution < -0.4 is 69.3 Å². The second kappa shape index (κ2) is 11.4. The Morgan fingerprint density at radius 2 is 1.08 bits per heavy atom. The molecule has 4 nitrogen and oxygen atoms in total. The van der Waals surface area contributed by atoms with Crippen molar-refractivity contribution in [1.29, 1.82) is 0 Å². The number of carboxylic acid groups (broad SMARTS) is 2. The van der Waals surface area contributed by atoms with E-state index in [0.717, 1.165) is 12.2 Å². The molecule has 0 aromatic rings. The van der Waals surface area contributed by atoms with Gasteiger partial charge in [0.15, 0.2) is 0 Å². The molecule has 0 bridgehead atoms. The Morgan fingerprint density at radius 1 is 0.833 bits per heavy atom.